The van der Waals surface area contributed by atoms with Crippen molar-refractivity contribution < 1.29 is 9.15 Å². The van der Waals surface area contributed by atoms with Crippen molar-refractivity contribution in [1.29, 1.82) is 0 Å². The quantitative estimate of drug-likeness (QED) is 0.621. The van der Waals surface area contributed by atoms with E-state index >= 15 is 0 Å². The molecular formula is C16H15N5O2. The third-order valence-electron chi connectivity index (χ3n) is 3.40. The summed E-state index contributed by atoms with van der Waals surface area (Å²) in [4.78, 5) is 8.44. The van der Waals surface area contributed by atoms with E-state index in [0.717, 1.165) is 16.7 Å². The van der Waals surface area contributed by atoms with Gasteiger partial charge in [-0.15, -0.1) is 5.10 Å². The second-order valence-electron chi connectivity index (χ2n) is 5.40. The summed E-state index contributed by atoms with van der Waals surface area (Å²) in [6.07, 6.45) is 5.18. The zero-order valence-electron chi connectivity index (χ0n) is 12.5. The van der Waals surface area contributed by atoms with Gasteiger partial charge in [-0.25, -0.2) is 9.50 Å². The van der Waals surface area contributed by atoms with Crippen molar-refractivity contribution in [3.8, 4) is 17.3 Å². The molecule has 1 atom stereocenters. The predicted octanol–water partition coefficient (Wildman–Crippen LogP) is 2.26. The maximum atomic E-state index is 5.86. The minimum absolute atomic E-state index is 0.0578. The van der Waals surface area contributed by atoms with E-state index in [0.29, 0.717) is 23.9 Å². The van der Waals surface area contributed by atoms with Gasteiger partial charge in [0.15, 0.2) is 11.4 Å². The SMILES string of the molecule is CC(N)COc1ccc2ncc(-c3cc4cnccc4o3)n2n1. The molecule has 116 valence electrons. The fraction of sp³-hybridized carbons (Fsp3) is 0.188. The monoisotopic (exact) mass is 309 g/mol. The molecule has 0 saturated carbocycles. The minimum Gasteiger partial charge on any atom is -0.475 e. The number of nitrogens with zero attached hydrogens (tertiary/aromatic N) is 4. The summed E-state index contributed by atoms with van der Waals surface area (Å²) in [5.41, 5.74) is 7.94. The van der Waals surface area contributed by atoms with Gasteiger partial charge in [-0.05, 0) is 25.1 Å². The molecule has 23 heavy (non-hydrogen) atoms. The first kappa shape index (κ1) is 13.7. The molecule has 0 amide bonds. The molecule has 0 fully saturated rings. The largest absolute Gasteiger partial charge is 0.475 e. The number of ether oxygens (including phenoxy) is 1. The second kappa shape index (κ2) is 5.36. The average molecular weight is 309 g/mol. The molecule has 0 spiro atoms. The average Bonchev–Trinajstić information content (AvgIpc) is 3.15. The number of hydrogen-bond acceptors (Lipinski definition) is 6. The Bertz CT molecular complexity index is 940. The van der Waals surface area contributed by atoms with E-state index in [-0.39, 0.29) is 6.04 Å². The Hall–Kier alpha value is -2.93. The molecule has 0 aliphatic heterocycles. The molecule has 0 aliphatic rings. The molecule has 0 bridgehead atoms. The van der Waals surface area contributed by atoms with Gasteiger partial charge in [0, 0.05) is 29.9 Å². The van der Waals surface area contributed by atoms with Crippen molar-refractivity contribution in [1.82, 2.24) is 19.6 Å². The normalized spacial score (nSPS) is 12.8. The van der Waals surface area contributed by atoms with Crippen molar-refractivity contribution in [3.63, 3.8) is 0 Å². The van der Waals surface area contributed by atoms with Crippen LogP contribution in [0.4, 0.5) is 0 Å². The number of furan rings is 1. The predicted molar refractivity (Wildman–Crippen MR) is 85.1 cm³/mol. The summed E-state index contributed by atoms with van der Waals surface area (Å²) in [5, 5.41) is 5.39. The number of fused-ring (bicyclic) bond motifs is 2. The summed E-state index contributed by atoms with van der Waals surface area (Å²) < 4.78 is 13.1. The van der Waals surface area contributed by atoms with Gasteiger partial charge in [-0.1, -0.05) is 0 Å². The van der Waals surface area contributed by atoms with E-state index < -0.39 is 0 Å². The topological polar surface area (TPSA) is 91.5 Å². The summed E-state index contributed by atoms with van der Waals surface area (Å²) in [5.74, 6) is 1.17. The number of hydrogen-bond donors (Lipinski definition) is 1. The number of aromatic nitrogens is 4. The van der Waals surface area contributed by atoms with Gasteiger partial charge in [-0.2, -0.15) is 0 Å². The molecule has 4 aromatic heterocycles. The van der Waals surface area contributed by atoms with Crippen molar-refractivity contribution in [2.24, 2.45) is 5.73 Å². The molecule has 7 heteroatoms. The third kappa shape index (κ3) is 2.51. The Labute approximate surface area is 131 Å². The molecule has 0 aromatic carbocycles. The molecule has 2 N–H and O–H groups in total. The number of pyridine rings is 1. The summed E-state index contributed by atoms with van der Waals surface area (Å²) in [6.45, 7) is 2.28. The van der Waals surface area contributed by atoms with Crippen LogP contribution in [-0.4, -0.2) is 32.2 Å². The van der Waals surface area contributed by atoms with Gasteiger partial charge in [0.1, 0.15) is 17.9 Å². The molecular weight excluding hydrogens is 294 g/mol. The fourth-order valence-electron chi connectivity index (χ4n) is 2.33. The zero-order valence-corrected chi connectivity index (χ0v) is 12.5. The third-order valence-corrected chi connectivity index (χ3v) is 3.40. The zero-order chi connectivity index (χ0) is 15.8. The first-order valence-electron chi connectivity index (χ1n) is 7.28. The maximum Gasteiger partial charge on any atom is 0.231 e. The smallest absolute Gasteiger partial charge is 0.231 e. The highest BCUT2D eigenvalue weighted by Crippen LogP contribution is 2.27. The van der Waals surface area contributed by atoms with Gasteiger partial charge in [0.2, 0.25) is 5.88 Å². The van der Waals surface area contributed by atoms with Gasteiger partial charge in [0.25, 0.3) is 0 Å². The Balaban J connectivity index is 1.78. The lowest BCUT2D eigenvalue weighted by Gasteiger charge is -2.08. The van der Waals surface area contributed by atoms with Gasteiger partial charge in [0.05, 0.1) is 6.20 Å². The Kier molecular flexibility index (Phi) is 3.20. The van der Waals surface area contributed by atoms with E-state index in [4.69, 9.17) is 14.9 Å². The van der Waals surface area contributed by atoms with Gasteiger partial charge in [-0.3, -0.25) is 4.98 Å². The fourth-order valence-corrected chi connectivity index (χ4v) is 2.33. The lowest BCUT2D eigenvalue weighted by atomic mass is 10.3. The molecule has 4 aromatic rings. The second-order valence-corrected chi connectivity index (χ2v) is 5.40. The molecule has 4 rings (SSSR count). The number of imidazole rings is 1. The van der Waals surface area contributed by atoms with Crippen molar-refractivity contribution >= 4 is 16.6 Å². The Morgan fingerprint density at radius 2 is 2.22 bits per heavy atom. The first-order valence-corrected chi connectivity index (χ1v) is 7.28. The Morgan fingerprint density at radius 3 is 3.04 bits per heavy atom. The van der Waals surface area contributed by atoms with Crippen molar-refractivity contribution in [3.05, 3.63) is 42.9 Å². The molecule has 7 nitrogen and oxygen atoms in total. The lowest BCUT2D eigenvalue weighted by molar-refractivity contribution is 0.281. The van der Waals surface area contributed by atoms with Gasteiger partial charge < -0.3 is 14.9 Å². The number of rotatable bonds is 4. The number of nitrogens with two attached hydrogens (primary N) is 1. The first-order chi connectivity index (χ1) is 11.2. The summed E-state index contributed by atoms with van der Waals surface area (Å²) >= 11 is 0. The van der Waals surface area contributed by atoms with E-state index in [9.17, 15) is 0 Å². The molecule has 4 heterocycles. The van der Waals surface area contributed by atoms with Crippen LogP contribution in [0.5, 0.6) is 5.88 Å². The standard InChI is InChI=1S/C16H15N5O2/c1-10(17)9-22-16-3-2-15-19-8-12(21(15)20-16)14-6-11-7-18-5-4-13(11)23-14/h2-8,10H,9,17H2,1H3. The van der Waals surface area contributed by atoms with Crippen LogP contribution in [0.3, 0.4) is 0 Å². The van der Waals surface area contributed by atoms with Crippen LogP contribution in [0.1, 0.15) is 6.92 Å². The summed E-state index contributed by atoms with van der Waals surface area (Å²) in [7, 11) is 0. The van der Waals surface area contributed by atoms with Crippen LogP contribution in [0, 0.1) is 0 Å². The van der Waals surface area contributed by atoms with E-state index in [1.165, 1.54) is 0 Å². The highest BCUT2D eigenvalue weighted by atomic mass is 16.5. The Morgan fingerprint density at radius 1 is 1.30 bits per heavy atom. The molecule has 1 unspecified atom stereocenters. The van der Waals surface area contributed by atoms with E-state index in [1.807, 2.05) is 25.1 Å². The van der Waals surface area contributed by atoms with Crippen LogP contribution >= 0.6 is 0 Å². The van der Waals surface area contributed by atoms with Gasteiger partial charge >= 0.3 is 0 Å². The van der Waals surface area contributed by atoms with Crippen LogP contribution in [0.2, 0.25) is 0 Å². The van der Waals surface area contributed by atoms with Crippen LogP contribution in [0.15, 0.2) is 47.3 Å². The molecule has 0 radical (unpaired) electrons. The van der Waals surface area contributed by atoms with Crippen molar-refractivity contribution in [2.75, 3.05) is 6.61 Å². The highest BCUT2D eigenvalue weighted by molar-refractivity contribution is 5.81. The van der Waals surface area contributed by atoms with Crippen molar-refractivity contribution in [2.45, 2.75) is 13.0 Å². The van der Waals surface area contributed by atoms with Crippen LogP contribution in [0.25, 0.3) is 28.1 Å². The molecule has 0 saturated heterocycles. The van der Waals surface area contributed by atoms with Crippen LogP contribution in [-0.2, 0) is 0 Å². The maximum absolute atomic E-state index is 5.86. The van der Waals surface area contributed by atoms with Crippen LogP contribution < -0.4 is 10.5 Å². The lowest BCUT2D eigenvalue weighted by Crippen LogP contribution is -2.24. The summed E-state index contributed by atoms with van der Waals surface area (Å²) in [6, 6.07) is 7.31. The van der Waals surface area contributed by atoms with E-state index in [1.54, 1.807) is 29.2 Å². The highest BCUT2D eigenvalue weighted by Gasteiger charge is 2.13. The van der Waals surface area contributed by atoms with E-state index in [2.05, 4.69) is 15.1 Å². The molecule has 0 aliphatic carbocycles. The minimum atomic E-state index is -0.0578.